The summed E-state index contributed by atoms with van der Waals surface area (Å²) in [6.07, 6.45) is 7.01. The van der Waals surface area contributed by atoms with Gasteiger partial charge in [-0.15, -0.1) is 0 Å². The predicted molar refractivity (Wildman–Crippen MR) is 145 cm³/mol. The number of pyridine rings is 1. The first-order chi connectivity index (χ1) is 18.1. The van der Waals surface area contributed by atoms with E-state index in [9.17, 15) is 4.79 Å². The van der Waals surface area contributed by atoms with E-state index in [2.05, 4.69) is 34.2 Å². The van der Waals surface area contributed by atoms with Crippen molar-refractivity contribution in [2.45, 2.75) is 31.9 Å². The number of aryl methyl sites for hydroxylation is 1. The van der Waals surface area contributed by atoms with E-state index in [1.807, 2.05) is 54.2 Å². The highest BCUT2D eigenvalue weighted by Gasteiger charge is 2.25. The number of methoxy groups -OCH3 is 1. The molecule has 0 bridgehead atoms. The van der Waals surface area contributed by atoms with E-state index < -0.39 is 0 Å². The average Bonchev–Trinajstić information content (AvgIpc) is 3.10. The van der Waals surface area contributed by atoms with Crippen LogP contribution in [-0.2, 0) is 13.7 Å². The molecular weight excluding hydrogens is 464 g/mol. The van der Waals surface area contributed by atoms with Gasteiger partial charge in [-0.05, 0) is 61.2 Å². The molecule has 7 heteroatoms. The number of nitrogens with zero attached hydrogens (tertiary/aromatic N) is 4. The number of hydrogen-bond acceptors (Lipinski definition) is 5. The molecule has 2 aliphatic rings. The van der Waals surface area contributed by atoms with Crippen molar-refractivity contribution in [3.05, 3.63) is 94.2 Å². The number of rotatable bonds is 5. The maximum atomic E-state index is 13.0. The highest BCUT2D eigenvalue weighted by Crippen LogP contribution is 2.38. The van der Waals surface area contributed by atoms with E-state index >= 15 is 0 Å². The standard InChI is InChI=1S/C30H32N4O3/c1-32-27-9-3-4-10-28(27)34(30(32)35)21-13-17-33(18-14-21)16-6-8-23-24-7-5-15-31-26(24)20-37-29-12-11-22(36-2)19-25(23)29/h3-5,7-12,15,19,21H,6,13-14,16-18,20H2,1-2H3. The molecule has 6 rings (SSSR count). The summed E-state index contributed by atoms with van der Waals surface area (Å²) in [5, 5.41) is 0. The van der Waals surface area contributed by atoms with Gasteiger partial charge in [-0.25, -0.2) is 4.79 Å². The summed E-state index contributed by atoms with van der Waals surface area (Å²) in [5.41, 5.74) is 6.37. The number of hydrogen-bond donors (Lipinski definition) is 0. The fourth-order valence-electron chi connectivity index (χ4n) is 5.75. The topological polar surface area (TPSA) is 61.5 Å². The zero-order chi connectivity index (χ0) is 25.4. The van der Waals surface area contributed by atoms with Crippen molar-refractivity contribution in [1.29, 1.82) is 0 Å². The number of para-hydroxylation sites is 2. The Labute approximate surface area is 216 Å². The van der Waals surface area contributed by atoms with Gasteiger partial charge < -0.3 is 14.4 Å². The minimum atomic E-state index is 0.0846. The normalized spacial score (nSPS) is 17.3. The molecule has 190 valence electrons. The molecule has 0 radical (unpaired) electrons. The molecule has 4 heterocycles. The van der Waals surface area contributed by atoms with Gasteiger partial charge in [-0.2, -0.15) is 0 Å². The third kappa shape index (κ3) is 4.33. The summed E-state index contributed by atoms with van der Waals surface area (Å²) >= 11 is 0. The smallest absolute Gasteiger partial charge is 0.329 e. The number of piperidine rings is 1. The van der Waals surface area contributed by atoms with E-state index in [-0.39, 0.29) is 11.7 Å². The summed E-state index contributed by atoms with van der Waals surface area (Å²) < 4.78 is 15.4. The first-order valence-electron chi connectivity index (χ1n) is 13.0. The van der Waals surface area contributed by atoms with Crippen LogP contribution >= 0.6 is 0 Å². The lowest BCUT2D eigenvalue weighted by Gasteiger charge is -2.32. The van der Waals surface area contributed by atoms with E-state index in [1.165, 1.54) is 0 Å². The van der Waals surface area contributed by atoms with Crippen molar-refractivity contribution < 1.29 is 9.47 Å². The minimum Gasteiger partial charge on any atom is -0.497 e. The molecule has 0 amide bonds. The summed E-state index contributed by atoms with van der Waals surface area (Å²) in [6.45, 7) is 3.38. The predicted octanol–water partition coefficient (Wildman–Crippen LogP) is 4.79. The Hall–Kier alpha value is -3.84. The van der Waals surface area contributed by atoms with Gasteiger partial charge in [0.25, 0.3) is 0 Å². The van der Waals surface area contributed by atoms with Crippen LogP contribution in [-0.4, -0.2) is 45.8 Å². The number of aromatic nitrogens is 3. The average molecular weight is 497 g/mol. The quantitative estimate of drug-likeness (QED) is 0.397. The Balaban J connectivity index is 1.19. The zero-order valence-electron chi connectivity index (χ0n) is 21.4. The number of benzene rings is 2. The Kier molecular flexibility index (Phi) is 6.30. The molecular formula is C30H32N4O3. The van der Waals surface area contributed by atoms with Crippen molar-refractivity contribution in [1.82, 2.24) is 19.0 Å². The van der Waals surface area contributed by atoms with Crippen LogP contribution in [0.5, 0.6) is 11.5 Å². The van der Waals surface area contributed by atoms with Gasteiger partial charge in [-0.1, -0.05) is 24.3 Å². The molecule has 4 aromatic rings. The first kappa shape index (κ1) is 23.6. The van der Waals surface area contributed by atoms with Crippen LogP contribution < -0.4 is 15.2 Å². The fraction of sp³-hybridized carbons (Fsp3) is 0.333. The molecule has 0 saturated carbocycles. The van der Waals surface area contributed by atoms with Crippen LogP contribution in [0.25, 0.3) is 16.6 Å². The van der Waals surface area contributed by atoms with Crippen molar-refractivity contribution in [2.24, 2.45) is 7.05 Å². The summed E-state index contributed by atoms with van der Waals surface area (Å²) in [4.78, 5) is 20.1. The van der Waals surface area contributed by atoms with Gasteiger partial charge in [0.15, 0.2) is 0 Å². The van der Waals surface area contributed by atoms with Crippen LogP contribution in [0.2, 0.25) is 0 Å². The van der Waals surface area contributed by atoms with Crippen molar-refractivity contribution in [2.75, 3.05) is 26.7 Å². The lowest BCUT2D eigenvalue weighted by Crippen LogP contribution is -2.38. The minimum absolute atomic E-state index is 0.0846. The summed E-state index contributed by atoms with van der Waals surface area (Å²) in [7, 11) is 3.55. The van der Waals surface area contributed by atoms with Crippen LogP contribution in [0.4, 0.5) is 0 Å². The fourth-order valence-corrected chi connectivity index (χ4v) is 5.75. The molecule has 37 heavy (non-hydrogen) atoms. The second-order valence-corrected chi connectivity index (χ2v) is 9.83. The van der Waals surface area contributed by atoms with Crippen molar-refractivity contribution in [3.8, 4) is 11.5 Å². The molecule has 0 spiro atoms. The molecule has 1 saturated heterocycles. The van der Waals surface area contributed by atoms with E-state index in [1.54, 1.807) is 11.7 Å². The summed E-state index contributed by atoms with van der Waals surface area (Å²) in [6, 6.07) is 18.4. The highest BCUT2D eigenvalue weighted by atomic mass is 16.5. The van der Waals surface area contributed by atoms with E-state index in [0.717, 1.165) is 83.8 Å². The second kappa shape index (κ2) is 9.90. The molecule has 0 unspecified atom stereocenters. The largest absolute Gasteiger partial charge is 0.497 e. The Morgan fingerprint density at radius 2 is 1.86 bits per heavy atom. The number of imidazole rings is 1. The molecule has 0 N–H and O–H groups in total. The molecule has 2 aromatic carbocycles. The van der Waals surface area contributed by atoms with Crippen LogP contribution in [0.1, 0.15) is 42.1 Å². The van der Waals surface area contributed by atoms with Crippen LogP contribution in [0, 0.1) is 0 Å². The monoisotopic (exact) mass is 496 g/mol. The molecule has 0 atom stereocenters. The number of likely N-dealkylation sites (tertiary alicyclic amines) is 1. The Bertz CT molecular complexity index is 1530. The lowest BCUT2D eigenvalue weighted by atomic mass is 9.95. The number of fused-ring (bicyclic) bond motifs is 3. The Morgan fingerprint density at radius 1 is 1.05 bits per heavy atom. The molecule has 2 aromatic heterocycles. The van der Waals surface area contributed by atoms with E-state index in [0.29, 0.717) is 6.61 Å². The van der Waals surface area contributed by atoms with Gasteiger partial charge in [0.2, 0.25) is 0 Å². The van der Waals surface area contributed by atoms with Gasteiger partial charge >= 0.3 is 5.69 Å². The maximum absolute atomic E-state index is 13.0. The molecule has 0 aliphatic carbocycles. The van der Waals surface area contributed by atoms with Gasteiger partial charge in [-0.3, -0.25) is 14.1 Å². The lowest BCUT2D eigenvalue weighted by molar-refractivity contribution is 0.189. The SMILES string of the molecule is COc1ccc2c(c1)C(=CCCN1CCC(n3c(=O)n(C)c4ccccc43)CC1)c1cccnc1CO2. The number of ether oxygens (including phenoxy) is 2. The van der Waals surface area contributed by atoms with Crippen LogP contribution in [0.15, 0.2) is 71.7 Å². The van der Waals surface area contributed by atoms with Gasteiger partial charge in [0.1, 0.15) is 18.1 Å². The van der Waals surface area contributed by atoms with Crippen LogP contribution in [0.3, 0.4) is 0 Å². The molecule has 2 aliphatic heterocycles. The zero-order valence-corrected chi connectivity index (χ0v) is 21.4. The van der Waals surface area contributed by atoms with Gasteiger partial charge in [0, 0.05) is 50.0 Å². The first-order valence-corrected chi connectivity index (χ1v) is 13.0. The maximum Gasteiger partial charge on any atom is 0.329 e. The highest BCUT2D eigenvalue weighted by molar-refractivity contribution is 5.85. The third-order valence-electron chi connectivity index (χ3n) is 7.73. The van der Waals surface area contributed by atoms with E-state index in [4.69, 9.17) is 9.47 Å². The third-order valence-corrected chi connectivity index (χ3v) is 7.73. The van der Waals surface area contributed by atoms with Crippen molar-refractivity contribution in [3.63, 3.8) is 0 Å². The Morgan fingerprint density at radius 3 is 2.68 bits per heavy atom. The molecule has 7 nitrogen and oxygen atoms in total. The summed E-state index contributed by atoms with van der Waals surface area (Å²) in [5.74, 6) is 1.66. The van der Waals surface area contributed by atoms with Gasteiger partial charge in [0.05, 0.1) is 23.8 Å². The van der Waals surface area contributed by atoms with Crippen molar-refractivity contribution >= 4 is 16.6 Å². The second-order valence-electron chi connectivity index (χ2n) is 9.83. The molecule has 1 fully saturated rings.